The molecule has 0 atom stereocenters. The molecule has 1 aromatic rings. The number of ether oxygens (including phenoxy) is 1. The van der Waals surface area contributed by atoms with Crippen molar-refractivity contribution in [3.63, 3.8) is 0 Å². The van der Waals surface area contributed by atoms with Crippen LogP contribution in [0.15, 0.2) is 24.3 Å². The van der Waals surface area contributed by atoms with Crippen LogP contribution in [0.1, 0.15) is 38.2 Å². The van der Waals surface area contributed by atoms with Gasteiger partial charge in [-0.2, -0.15) is 0 Å². The van der Waals surface area contributed by atoms with Crippen LogP contribution in [0.3, 0.4) is 0 Å². The maximum atomic E-state index is 5.48. The van der Waals surface area contributed by atoms with E-state index < -0.39 is 0 Å². The molecule has 0 amide bonds. The van der Waals surface area contributed by atoms with E-state index in [9.17, 15) is 0 Å². The fourth-order valence-corrected chi connectivity index (χ4v) is 2.29. The zero-order valence-corrected chi connectivity index (χ0v) is 10.0. The lowest BCUT2D eigenvalue weighted by Gasteiger charge is -2.17. The third-order valence-electron chi connectivity index (χ3n) is 3.19. The molecule has 1 aliphatic carbocycles. The number of nitrogens with one attached hydrogen (secondary N) is 1. The highest BCUT2D eigenvalue weighted by Crippen LogP contribution is 2.24. The van der Waals surface area contributed by atoms with Crippen LogP contribution >= 0.6 is 0 Å². The van der Waals surface area contributed by atoms with Gasteiger partial charge in [-0.25, -0.2) is 0 Å². The molecule has 0 aromatic heterocycles. The average molecular weight is 219 g/mol. The average Bonchev–Trinajstić information content (AvgIpc) is 2.81. The topological polar surface area (TPSA) is 21.3 Å². The Bertz CT molecular complexity index is 318. The first kappa shape index (κ1) is 11.5. The third-order valence-corrected chi connectivity index (χ3v) is 3.19. The molecule has 1 saturated carbocycles. The number of para-hydroxylation sites is 1. The van der Waals surface area contributed by atoms with Gasteiger partial charge in [0.1, 0.15) is 0 Å². The Labute approximate surface area is 98.0 Å². The van der Waals surface area contributed by atoms with Crippen molar-refractivity contribution in [1.82, 2.24) is 0 Å². The molecule has 0 heterocycles. The molecule has 1 aliphatic rings. The summed E-state index contributed by atoms with van der Waals surface area (Å²) in [7, 11) is 0. The molecule has 0 spiro atoms. The number of anilines is 1. The predicted octanol–water partition coefficient (Wildman–Crippen LogP) is 3.58. The second-order valence-corrected chi connectivity index (χ2v) is 4.42. The Morgan fingerprint density at radius 1 is 1.25 bits per heavy atom. The van der Waals surface area contributed by atoms with Gasteiger partial charge in [0.25, 0.3) is 0 Å². The van der Waals surface area contributed by atoms with Gasteiger partial charge in [0, 0.05) is 23.9 Å². The molecule has 2 heteroatoms. The summed E-state index contributed by atoms with van der Waals surface area (Å²) < 4.78 is 5.48. The number of benzene rings is 1. The van der Waals surface area contributed by atoms with Crippen molar-refractivity contribution in [3.05, 3.63) is 29.8 Å². The zero-order chi connectivity index (χ0) is 11.2. The molecule has 1 fully saturated rings. The molecule has 2 rings (SSSR count). The van der Waals surface area contributed by atoms with E-state index in [-0.39, 0.29) is 0 Å². The molecule has 0 radical (unpaired) electrons. The Balaban J connectivity index is 2.00. The molecule has 16 heavy (non-hydrogen) atoms. The van der Waals surface area contributed by atoms with Gasteiger partial charge >= 0.3 is 0 Å². The third kappa shape index (κ3) is 2.99. The van der Waals surface area contributed by atoms with E-state index in [1.54, 1.807) is 0 Å². The van der Waals surface area contributed by atoms with Crippen LogP contribution in [0, 0.1) is 0 Å². The van der Waals surface area contributed by atoms with E-state index in [2.05, 4.69) is 29.6 Å². The summed E-state index contributed by atoms with van der Waals surface area (Å²) in [4.78, 5) is 0. The quantitative estimate of drug-likeness (QED) is 0.817. The van der Waals surface area contributed by atoms with Crippen LogP contribution in [-0.2, 0) is 11.3 Å². The van der Waals surface area contributed by atoms with Crippen LogP contribution < -0.4 is 5.32 Å². The minimum atomic E-state index is 0.669. The second-order valence-electron chi connectivity index (χ2n) is 4.42. The summed E-state index contributed by atoms with van der Waals surface area (Å²) in [6.45, 7) is 3.52. The van der Waals surface area contributed by atoms with Crippen molar-refractivity contribution >= 4 is 5.69 Å². The van der Waals surface area contributed by atoms with E-state index in [0.29, 0.717) is 12.6 Å². The smallest absolute Gasteiger partial charge is 0.0736 e. The van der Waals surface area contributed by atoms with Gasteiger partial charge in [-0.05, 0) is 25.8 Å². The predicted molar refractivity (Wildman–Crippen MR) is 67.7 cm³/mol. The monoisotopic (exact) mass is 219 g/mol. The summed E-state index contributed by atoms with van der Waals surface area (Å²) in [6.07, 6.45) is 5.35. The first-order valence-corrected chi connectivity index (χ1v) is 6.32. The summed E-state index contributed by atoms with van der Waals surface area (Å²) >= 11 is 0. The minimum Gasteiger partial charge on any atom is -0.382 e. The largest absolute Gasteiger partial charge is 0.382 e. The highest BCUT2D eigenvalue weighted by Gasteiger charge is 2.15. The Kier molecular flexibility index (Phi) is 4.23. The lowest BCUT2D eigenvalue weighted by atomic mass is 10.1. The lowest BCUT2D eigenvalue weighted by Crippen LogP contribution is -2.15. The van der Waals surface area contributed by atoms with Gasteiger partial charge in [0.15, 0.2) is 0 Å². The molecule has 1 aromatic carbocycles. The van der Waals surface area contributed by atoms with Crippen molar-refractivity contribution in [2.24, 2.45) is 0 Å². The van der Waals surface area contributed by atoms with Gasteiger partial charge in [-0.3, -0.25) is 0 Å². The minimum absolute atomic E-state index is 0.669. The molecule has 0 saturated heterocycles. The molecule has 0 aliphatic heterocycles. The number of rotatable bonds is 5. The maximum Gasteiger partial charge on any atom is 0.0736 e. The molecule has 0 unspecified atom stereocenters. The van der Waals surface area contributed by atoms with Crippen molar-refractivity contribution in [1.29, 1.82) is 0 Å². The Morgan fingerprint density at radius 2 is 2.00 bits per heavy atom. The summed E-state index contributed by atoms with van der Waals surface area (Å²) in [5.41, 5.74) is 2.53. The van der Waals surface area contributed by atoms with Crippen molar-refractivity contribution in [2.45, 2.75) is 45.3 Å². The first-order chi connectivity index (χ1) is 7.90. The van der Waals surface area contributed by atoms with Gasteiger partial charge in [0.2, 0.25) is 0 Å². The van der Waals surface area contributed by atoms with Crippen molar-refractivity contribution < 1.29 is 4.74 Å². The van der Waals surface area contributed by atoms with Gasteiger partial charge in [-0.15, -0.1) is 0 Å². The van der Waals surface area contributed by atoms with Crippen molar-refractivity contribution in [3.8, 4) is 0 Å². The van der Waals surface area contributed by atoms with E-state index in [4.69, 9.17) is 4.74 Å². The van der Waals surface area contributed by atoms with Crippen LogP contribution in [0.4, 0.5) is 5.69 Å². The van der Waals surface area contributed by atoms with E-state index in [0.717, 1.165) is 6.61 Å². The Morgan fingerprint density at radius 3 is 2.75 bits per heavy atom. The van der Waals surface area contributed by atoms with Gasteiger partial charge < -0.3 is 10.1 Å². The molecule has 1 N–H and O–H groups in total. The van der Waals surface area contributed by atoms with Crippen molar-refractivity contribution in [2.75, 3.05) is 11.9 Å². The fourth-order valence-electron chi connectivity index (χ4n) is 2.29. The van der Waals surface area contributed by atoms with Gasteiger partial charge in [0.05, 0.1) is 6.61 Å². The lowest BCUT2D eigenvalue weighted by molar-refractivity contribution is 0.134. The normalized spacial score (nSPS) is 16.6. The Hall–Kier alpha value is -1.02. The summed E-state index contributed by atoms with van der Waals surface area (Å²) in [6, 6.07) is 9.14. The van der Waals surface area contributed by atoms with Crippen LogP contribution in [-0.4, -0.2) is 12.6 Å². The highest BCUT2D eigenvalue weighted by atomic mass is 16.5. The first-order valence-electron chi connectivity index (χ1n) is 6.32. The van der Waals surface area contributed by atoms with Crippen LogP contribution in [0.5, 0.6) is 0 Å². The second kappa shape index (κ2) is 5.90. The summed E-state index contributed by atoms with van der Waals surface area (Å²) in [5, 5.41) is 3.64. The maximum absolute atomic E-state index is 5.48. The van der Waals surface area contributed by atoms with Crippen LogP contribution in [0.2, 0.25) is 0 Å². The zero-order valence-electron chi connectivity index (χ0n) is 10.0. The van der Waals surface area contributed by atoms with E-state index in [1.165, 1.54) is 36.9 Å². The van der Waals surface area contributed by atoms with Gasteiger partial charge in [-0.1, -0.05) is 31.0 Å². The van der Waals surface area contributed by atoms with E-state index in [1.807, 2.05) is 6.92 Å². The molecular weight excluding hydrogens is 198 g/mol. The SMILES string of the molecule is CCOCc1ccccc1NC1CCCC1. The molecular formula is C14H21NO. The number of hydrogen-bond acceptors (Lipinski definition) is 2. The standard InChI is InChI=1S/C14H21NO/c1-2-16-11-12-7-3-6-10-14(12)15-13-8-4-5-9-13/h3,6-7,10,13,15H,2,4-5,8-9,11H2,1H3. The highest BCUT2D eigenvalue weighted by molar-refractivity contribution is 5.51. The molecule has 2 nitrogen and oxygen atoms in total. The molecule has 0 bridgehead atoms. The van der Waals surface area contributed by atoms with E-state index >= 15 is 0 Å². The summed E-state index contributed by atoms with van der Waals surface area (Å²) in [5.74, 6) is 0. The molecule has 88 valence electrons. The van der Waals surface area contributed by atoms with Crippen LogP contribution in [0.25, 0.3) is 0 Å². The fraction of sp³-hybridized carbons (Fsp3) is 0.571. The number of hydrogen-bond donors (Lipinski definition) is 1.